The molecule has 0 radical (unpaired) electrons. The summed E-state index contributed by atoms with van der Waals surface area (Å²) >= 11 is 0. The van der Waals surface area contributed by atoms with Crippen molar-refractivity contribution in [2.45, 2.75) is 6.54 Å². The van der Waals surface area contributed by atoms with Crippen LogP contribution in [0.5, 0.6) is 0 Å². The quantitative estimate of drug-likeness (QED) is 0.441. The molecule has 2 aromatic rings. The topological polar surface area (TPSA) is 59.9 Å². The molecular weight excluding hydrogens is 206 g/mol. The van der Waals surface area contributed by atoms with E-state index in [1.807, 2.05) is 30.3 Å². The van der Waals surface area contributed by atoms with E-state index in [2.05, 4.69) is 4.98 Å². The van der Waals surface area contributed by atoms with E-state index >= 15 is 0 Å². The first-order chi connectivity index (χ1) is 7.77. The van der Waals surface area contributed by atoms with Gasteiger partial charge in [0.2, 0.25) is 0 Å². The predicted octanol–water partition coefficient (Wildman–Crippen LogP) is 1.33. The summed E-state index contributed by atoms with van der Waals surface area (Å²) in [5, 5.41) is 10.8. The van der Waals surface area contributed by atoms with Gasteiger partial charge in [-0.1, -0.05) is 30.3 Å². The van der Waals surface area contributed by atoms with Crippen molar-refractivity contribution in [2.75, 3.05) is 0 Å². The van der Waals surface area contributed by atoms with Gasteiger partial charge >= 0.3 is 5.82 Å². The van der Waals surface area contributed by atoms with E-state index in [-0.39, 0.29) is 5.82 Å². The lowest BCUT2D eigenvalue weighted by Crippen LogP contribution is -2.36. The molecule has 0 atom stereocenters. The third kappa shape index (κ3) is 2.20. The fourth-order valence-electron chi connectivity index (χ4n) is 1.45. The first kappa shape index (κ1) is 10.2. The van der Waals surface area contributed by atoms with Crippen LogP contribution in [0.2, 0.25) is 0 Å². The van der Waals surface area contributed by atoms with Crippen LogP contribution in [0.3, 0.4) is 0 Å². The van der Waals surface area contributed by atoms with Crippen molar-refractivity contribution in [2.24, 2.45) is 0 Å². The average Bonchev–Trinajstić information content (AvgIpc) is 2.31. The first-order valence-corrected chi connectivity index (χ1v) is 4.79. The van der Waals surface area contributed by atoms with Crippen LogP contribution >= 0.6 is 0 Å². The molecule has 1 aromatic heterocycles. The van der Waals surface area contributed by atoms with Crippen LogP contribution in [0.15, 0.2) is 48.9 Å². The fraction of sp³-hybridized carbons (Fsp3) is 0.0909. The maximum Gasteiger partial charge on any atom is 0.520 e. The molecule has 0 aliphatic heterocycles. The normalized spacial score (nSPS) is 10.0. The highest BCUT2D eigenvalue weighted by atomic mass is 16.6. The van der Waals surface area contributed by atoms with E-state index in [1.165, 1.54) is 12.4 Å². The molecule has 0 saturated heterocycles. The van der Waals surface area contributed by atoms with Crippen molar-refractivity contribution in [3.63, 3.8) is 0 Å². The number of nitro groups is 1. The number of aromatic nitrogens is 2. The van der Waals surface area contributed by atoms with Gasteiger partial charge in [-0.15, -0.1) is 4.57 Å². The van der Waals surface area contributed by atoms with Crippen LogP contribution in [-0.4, -0.2) is 9.91 Å². The summed E-state index contributed by atoms with van der Waals surface area (Å²) < 4.78 is 1.56. The van der Waals surface area contributed by atoms with Crippen LogP contribution in [0.25, 0.3) is 0 Å². The van der Waals surface area contributed by atoms with Gasteiger partial charge in [0.05, 0.1) is 6.20 Å². The van der Waals surface area contributed by atoms with Crippen molar-refractivity contribution in [1.29, 1.82) is 0 Å². The molecule has 0 fully saturated rings. The highest BCUT2D eigenvalue weighted by molar-refractivity contribution is 5.14. The molecule has 1 aromatic carbocycles. The summed E-state index contributed by atoms with van der Waals surface area (Å²) in [4.78, 5) is 14.1. The highest BCUT2D eigenvalue weighted by Crippen LogP contribution is 2.03. The largest absolute Gasteiger partial charge is 0.520 e. The number of benzene rings is 1. The van der Waals surface area contributed by atoms with Crippen molar-refractivity contribution in [1.82, 2.24) is 4.98 Å². The second-order valence-corrected chi connectivity index (χ2v) is 3.31. The minimum absolute atomic E-state index is 0.00801. The Labute approximate surface area is 92.2 Å². The van der Waals surface area contributed by atoms with Crippen LogP contribution in [0.4, 0.5) is 5.82 Å². The third-order valence-corrected chi connectivity index (χ3v) is 2.20. The molecule has 5 heteroatoms. The Hall–Kier alpha value is -2.30. The summed E-state index contributed by atoms with van der Waals surface area (Å²) in [5.74, 6) is -0.00801. The Balaban J connectivity index is 2.31. The summed E-state index contributed by atoms with van der Waals surface area (Å²) in [6, 6.07) is 9.58. The van der Waals surface area contributed by atoms with E-state index in [9.17, 15) is 10.1 Å². The van der Waals surface area contributed by atoms with Gasteiger partial charge < -0.3 is 0 Å². The molecule has 0 saturated carbocycles. The molecule has 80 valence electrons. The lowest BCUT2D eigenvalue weighted by Gasteiger charge is -1.97. The van der Waals surface area contributed by atoms with Gasteiger partial charge in [-0.25, -0.2) is 4.98 Å². The zero-order valence-corrected chi connectivity index (χ0v) is 8.48. The maximum absolute atomic E-state index is 10.8. The predicted molar refractivity (Wildman–Crippen MR) is 56.6 cm³/mol. The molecule has 0 N–H and O–H groups in total. The number of nitrogens with zero attached hydrogens (tertiary/aromatic N) is 3. The minimum Gasteiger partial charge on any atom is -0.253 e. The van der Waals surface area contributed by atoms with Crippen molar-refractivity contribution < 1.29 is 9.49 Å². The molecule has 0 amide bonds. The van der Waals surface area contributed by atoms with Crippen molar-refractivity contribution in [3.8, 4) is 0 Å². The summed E-state index contributed by atoms with van der Waals surface area (Å²) in [6.07, 6.45) is 4.39. The van der Waals surface area contributed by atoms with Gasteiger partial charge in [-0.2, -0.15) is 0 Å². The summed E-state index contributed by atoms with van der Waals surface area (Å²) in [7, 11) is 0. The lowest BCUT2D eigenvalue weighted by molar-refractivity contribution is -0.729. The van der Waals surface area contributed by atoms with Crippen LogP contribution in [0.1, 0.15) is 5.56 Å². The standard InChI is InChI=1S/C11H10N3O2/c15-14(16)11-8-12-6-7-13(11)9-10-4-2-1-3-5-10/h1-8H,9H2/q+1. The monoisotopic (exact) mass is 216 g/mol. The molecule has 0 aliphatic rings. The van der Waals surface area contributed by atoms with Crippen LogP contribution in [0, 0.1) is 10.1 Å². The molecule has 0 spiro atoms. The van der Waals surface area contributed by atoms with Crippen LogP contribution in [-0.2, 0) is 6.54 Å². The van der Waals surface area contributed by atoms with Gasteiger partial charge in [-0.3, -0.25) is 10.1 Å². The zero-order valence-electron chi connectivity index (χ0n) is 8.48. The minimum atomic E-state index is -0.435. The van der Waals surface area contributed by atoms with Crippen LogP contribution < -0.4 is 4.57 Å². The Bertz CT molecular complexity index is 500. The van der Waals surface area contributed by atoms with Gasteiger partial charge in [0.1, 0.15) is 4.92 Å². The van der Waals surface area contributed by atoms with E-state index in [4.69, 9.17) is 0 Å². The molecular formula is C11H10N3O2+. The highest BCUT2D eigenvalue weighted by Gasteiger charge is 2.21. The van der Waals surface area contributed by atoms with E-state index < -0.39 is 4.92 Å². The molecule has 2 rings (SSSR count). The third-order valence-electron chi connectivity index (χ3n) is 2.20. The summed E-state index contributed by atoms with van der Waals surface area (Å²) in [5.41, 5.74) is 1.02. The van der Waals surface area contributed by atoms with Gasteiger partial charge in [0.25, 0.3) is 0 Å². The Kier molecular flexibility index (Phi) is 2.86. The fourth-order valence-corrected chi connectivity index (χ4v) is 1.45. The second-order valence-electron chi connectivity index (χ2n) is 3.31. The maximum atomic E-state index is 10.8. The van der Waals surface area contributed by atoms with E-state index in [0.717, 1.165) is 5.56 Å². The Morgan fingerprint density at radius 3 is 2.75 bits per heavy atom. The van der Waals surface area contributed by atoms with E-state index in [0.29, 0.717) is 6.54 Å². The van der Waals surface area contributed by atoms with Gasteiger partial charge in [0.15, 0.2) is 18.9 Å². The van der Waals surface area contributed by atoms with Gasteiger partial charge in [0, 0.05) is 5.56 Å². The smallest absolute Gasteiger partial charge is 0.253 e. The van der Waals surface area contributed by atoms with E-state index in [1.54, 1.807) is 10.8 Å². The average molecular weight is 216 g/mol. The van der Waals surface area contributed by atoms with Crippen molar-refractivity contribution in [3.05, 3.63) is 64.6 Å². The molecule has 1 heterocycles. The first-order valence-electron chi connectivity index (χ1n) is 4.79. The second kappa shape index (κ2) is 4.48. The SMILES string of the molecule is O=[N+]([O-])c1cncc[n+]1Cc1ccccc1. The number of hydrogen-bond acceptors (Lipinski definition) is 3. The molecule has 5 nitrogen and oxygen atoms in total. The van der Waals surface area contributed by atoms with Crippen molar-refractivity contribution >= 4 is 5.82 Å². The summed E-state index contributed by atoms with van der Waals surface area (Å²) in [6.45, 7) is 0.472. The Morgan fingerprint density at radius 1 is 1.31 bits per heavy atom. The molecule has 0 unspecified atom stereocenters. The van der Waals surface area contributed by atoms with Gasteiger partial charge in [-0.05, 0) is 0 Å². The molecule has 0 bridgehead atoms. The number of hydrogen-bond donors (Lipinski definition) is 0. The molecule has 16 heavy (non-hydrogen) atoms. The Morgan fingerprint density at radius 2 is 2.06 bits per heavy atom. The lowest BCUT2D eigenvalue weighted by atomic mass is 10.2. The number of rotatable bonds is 3. The zero-order chi connectivity index (χ0) is 11.4. The molecule has 0 aliphatic carbocycles.